The van der Waals surface area contributed by atoms with Gasteiger partial charge in [-0.3, -0.25) is 24.5 Å². The first-order valence-corrected chi connectivity index (χ1v) is 11.7. The third-order valence-corrected chi connectivity index (χ3v) is 6.51. The molecule has 3 aromatic carbocycles. The van der Waals surface area contributed by atoms with Gasteiger partial charge in [0, 0.05) is 30.6 Å². The lowest BCUT2D eigenvalue weighted by atomic mass is 10.0. The Morgan fingerprint density at radius 2 is 1.69 bits per heavy atom. The molecule has 2 aliphatic heterocycles. The SMILES string of the molecule is O=C1CCC(N2Cc3ccc(CCC(=O)Nc4ccc(-c5ccccc5)cc4)cc3C2=O)C(=O)N1. The van der Waals surface area contributed by atoms with E-state index in [1.54, 1.807) is 0 Å². The van der Waals surface area contributed by atoms with Gasteiger partial charge in [0.15, 0.2) is 0 Å². The number of rotatable bonds is 6. The average molecular weight is 468 g/mol. The Morgan fingerprint density at radius 1 is 0.943 bits per heavy atom. The van der Waals surface area contributed by atoms with Crippen molar-refractivity contribution in [3.8, 4) is 11.1 Å². The Kier molecular flexibility index (Phi) is 6.14. The van der Waals surface area contributed by atoms with Crippen molar-refractivity contribution in [2.24, 2.45) is 0 Å². The van der Waals surface area contributed by atoms with E-state index in [2.05, 4.69) is 10.6 Å². The first kappa shape index (κ1) is 22.5. The van der Waals surface area contributed by atoms with Crippen LogP contribution in [-0.4, -0.2) is 34.6 Å². The molecule has 5 rings (SSSR count). The predicted molar refractivity (Wildman–Crippen MR) is 131 cm³/mol. The Balaban J connectivity index is 1.18. The van der Waals surface area contributed by atoms with Crippen LogP contribution >= 0.6 is 0 Å². The number of carbonyl (C=O) groups is 4. The minimum atomic E-state index is -0.630. The summed E-state index contributed by atoms with van der Waals surface area (Å²) in [4.78, 5) is 50.6. The number of nitrogens with zero attached hydrogens (tertiary/aromatic N) is 1. The number of fused-ring (bicyclic) bond motifs is 1. The number of benzene rings is 3. The van der Waals surface area contributed by atoms with Gasteiger partial charge in [-0.1, -0.05) is 54.6 Å². The van der Waals surface area contributed by atoms with Crippen LogP contribution in [0.15, 0.2) is 72.8 Å². The van der Waals surface area contributed by atoms with E-state index in [-0.39, 0.29) is 30.6 Å². The van der Waals surface area contributed by atoms with E-state index in [1.807, 2.05) is 72.8 Å². The zero-order chi connectivity index (χ0) is 24.4. The van der Waals surface area contributed by atoms with Crippen molar-refractivity contribution in [1.82, 2.24) is 10.2 Å². The molecule has 35 heavy (non-hydrogen) atoms. The van der Waals surface area contributed by atoms with Crippen LogP contribution in [0.4, 0.5) is 5.69 Å². The fraction of sp³-hybridized carbons (Fsp3) is 0.214. The van der Waals surface area contributed by atoms with Gasteiger partial charge in [-0.05, 0) is 53.3 Å². The van der Waals surface area contributed by atoms with Gasteiger partial charge in [-0.2, -0.15) is 0 Å². The zero-order valence-corrected chi connectivity index (χ0v) is 19.1. The minimum Gasteiger partial charge on any atom is -0.326 e. The molecule has 1 saturated heterocycles. The highest BCUT2D eigenvalue weighted by Gasteiger charge is 2.39. The van der Waals surface area contributed by atoms with Crippen LogP contribution in [0.5, 0.6) is 0 Å². The van der Waals surface area contributed by atoms with Crippen LogP contribution < -0.4 is 10.6 Å². The maximum atomic E-state index is 13.0. The van der Waals surface area contributed by atoms with Crippen molar-refractivity contribution in [3.63, 3.8) is 0 Å². The topological polar surface area (TPSA) is 95.6 Å². The van der Waals surface area contributed by atoms with Crippen molar-refractivity contribution in [1.29, 1.82) is 0 Å². The van der Waals surface area contributed by atoms with E-state index < -0.39 is 11.9 Å². The van der Waals surface area contributed by atoms with Crippen molar-refractivity contribution in [3.05, 3.63) is 89.5 Å². The molecule has 7 nitrogen and oxygen atoms in total. The molecule has 0 aromatic heterocycles. The molecule has 0 aliphatic carbocycles. The van der Waals surface area contributed by atoms with Gasteiger partial charge < -0.3 is 10.2 Å². The molecule has 0 radical (unpaired) electrons. The third-order valence-electron chi connectivity index (χ3n) is 6.51. The summed E-state index contributed by atoms with van der Waals surface area (Å²) in [6, 6.07) is 22.7. The summed E-state index contributed by atoms with van der Waals surface area (Å²) in [5.41, 5.74) is 5.23. The molecule has 0 spiro atoms. The summed E-state index contributed by atoms with van der Waals surface area (Å²) in [7, 11) is 0. The fourth-order valence-electron chi connectivity index (χ4n) is 4.62. The van der Waals surface area contributed by atoms with E-state index in [0.29, 0.717) is 24.9 Å². The molecule has 0 bridgehead atoms. The highest BCUT2D eigenvalue weighted by Crippen LogP contribution is 2.28. The van der Waals surface area contributed by atoms with Crippen molar-refractivity contribution < 1.29 is 19.2 Å². The van der Waals surface area contributed by atoms with E-state index in [0.717, 1.165) is 27.9 Å². The number of hydrogen-bond donors (Lipinski definition) is 2. The van der Waals surface area contributed by atoms with Crippen LogP contribution in [-0.2, 0) is 27.3 Å². The number of aryl methyl sites for hydroxylation is 1. The normalized spacial score (nSPS) is 17.2. The number of amides is 4. The second-order valence-electron chi connectivity index (χ2n) is 8.88. The summed E-state index contributed by atoms with van der Waals surface area (Å²) in [5, 5.41) is 5.24. The maximum absolute atomic E-state index is 13.0. The van der Waals surface area contributed by atoms with Crippen LogP contribution in [0, 0.1) is 0 Å². The molecular formula is C28H25N3O4. The first-order chi connectivity index (χ1) is 17.0. The Bertz CT molecular complexity index is 1300. The monoisotopic (exact) mass is 467 g/mol. The van der Waals surface area contributed by atoms with Gasteiger partial charge in [0.2, 0.25) is 17.7 Å². The standard InChI is InChI=1S/C28H25N3O4/c32-25(29-22-11-9-20(10-12-22)19-4-2-1-3-5-19)14-7-18-6-8-21-17-31(28(35)23(21)16-18)24-13-15-26(33)30-27(24)34/h1-6,8-12,16,24H,7,13-15,17H2,(H,29,32)(H,30,33,34). The summed E-state index contributed by atoms with van der Waals surface area (Å²) >= 11 is 0. The van der Waals surface area contributed by atoms with E-state index in [4.69, 9.17) is 0 Å². The van der Waals surface area contributed by atoms with Crippen molar-refractivity contribution in [2.45, 2.75) is 38.3 Å². The lowest BCUT2D eigenvalue weighted by Gasteiger charge is -2.29. The Labute approximate surface area is 203 Å². The Hall–Kier alpha value is -4.26. The predicted octanol–water partition coefficient (Wildman–Crippen LogP) is 3.69. The fourth-order valence-corrected chi connectivity index (χ4v) is 4.62. The molecule has 1 atom stereocenters. The highest BCUT2D eigenvalue weighted by atomic mass is 16.2. The summed E-state index contributed by atoms with van der Waals surface area (Å²) in [6.07, 6.45) is 1.34. The summed E-state index contributed by atoms with van der Waals surface area (Å²) in [6.45, 7) is 0.347. The van der Waals surface area contributed by atoms with Crippen molar-refractivity contribution >= 4 is 29.3 Å². The van der Waals surface area contributed by atoms with E-state index in [9.17, 15) is 19.2 Å². The van der Waals surface area contributed by atoms with E-state index in [1.165, 1.54) is 4.90 Å². The lowest BCUT2D eigenvalue weighted by molar-refractivity contribution is -0.137. The molecule has 2 N–H and O–H groups in total. The maximum Gasteiger partial charge on any atom is 0.255 e. The smallest absolute Gasteiger partial charge is 0.255 e. The zero-order valence-electron chi connectivity index (χ0n) is 19.1. The molecule has 176 valence electrons. The quantitative estimate of drug-likeness (QED) is 0.541. The molecule has 1 fully saturated rings. The average Bonchev–Trinajstić information content (AvgIpc) is 3.19. The summed E-state index contributed by atoms with van der Waals surface area (Å²) < 4.78 is 0. The first-order valence-electron chi connectivity index (χ1n) is 11.7. The minimum absolute atomic E-state index is 0.102. The largest absolute Gasteiger partial charge is 0.326 e. The van der Waals surface area contributed by atoms with Gasteiger partial charge in [0.25, 0.3) is 5.91 Å². The summed E-state index contributed by atoms with van der Waals surface area (Å²) in [5.74, 6) is -1.03. The van der Waals surface area contributed by atoms with Gasteiger partial charge in [-0.15, -0.1) is 0 Å². The third kappa shape index (κ3) is 4.84. The van der Waals surface area contributed by atoms with Crippen LogP contribution in [0.1, 0.15) is 40.7 Å². The van der Waals surface area contributed by atoms with Gasteiger partial charge in [0.1, 0.15) is 6.04 Å². The van der Waals surface area contributed by atoms with Crippen LogP contribution in [0.25, 0.3) is 11.1 Å². The van der Waals surface area contributed by atoms with Gasteiger partial charge in [-0.25, -0.2) is 0 Å². The van der Waals surface area contributed by atoms with E-state index >= 15 is 0 Å². The molecular weight excluding hydrogens is 442 g/mol. The highest BCUT2D eigenvalue weighted by molar-refractivity contribution is 6.05. The van der Waals surface area contributed by atoms with Gasteiger partial charge in [0.05, 0.1) is 0 Å². The molecule has 0 saturated carbocycles. The number of imide groups is 1. The molecule has 4 amide bonds. The lowest BCUT2D eigenvalue weighted by Crippen LogP contribution is -2.52. The molecule has 2 heterocycles. The van der Waals surface area contributed by atoms with Gasteiger partial charge >= 0.3 is 0 Å². The number of nitrogens with one attached hydrogen (secondary N) is 2. The second kappa shape index (κ2) is 9.54. The van der Waals surface area contributed by atoms with Crippen LogP contribution in [0.2, 0.25) is 0 Å². The number of piperidine rings is 1. The molecule has 7 heteroatoms. The number of carbonyl (C=O) groups excluding carboxylic acids is 4. The Morgan fingerprint density at radius 3 is 2.43 bits per heavy atom. The van der Waals surface area contributed by atoms with Crippen molar-refractivity contribution in [2.75, 3.05) is 5.32 Å². The second-order valence-corrected chi connectivity index (χ2v) is 8.88. The molecule has 1 unspecified atom stereocenters. The van der Waals surface area contributed by atoms with Crippen LogP contribution in [0.3, 0.4) is 0 Å². The molecule has 2 aliphatic rings. The number of anilines is 1. The molecule has 3 aromatic rings. The number of hydrogen-bond acceptors (Lipinski definition) is 4.